The number of hydrogen-bond acceptors (Lipinski definition) is 4. The average Bonchev–Trinajstić information content (AvgIpc) is 2.14. The van der Waals surface area contributed by atoms with Crippen LogP contribution in [-0.4, -0.2) is 47.3 Å². The third-order valence-corrected chi connectivity index (χ3v) is 2.05. The van der Waals surface area contributed by atoms with Crippen LogP contribution in [0.25, 0.3) is 0 Å². The second kappa shape index (κ2) is 7.92. The van der Waals surface area contributed by atoms with Gasteiger partial charge in [-0.25, -0.2) is 0 Å². The van der Waals surface area contributed by atoms with E-state index in [2.05, 4.69) is 4.74 Å². The summed E-state index contributed by atoms with van der Waals surface area (Å²) in [6.45, 7) is 3.77. The van der Waals surface area contributed by atoms with E-state index in [1.54, 1.807) is 20.8 Å². The fraction of sp³-hybridized carbons (Fsp3) is 1.00. The van der Waals surface area contributed by atoms with Crippen LogP contribution in [0.4, 0.5) is 8.78 Å². The first-order valence-electron chi connectivity index (χ1n) is 5.74. The van der Waals surface area contributed by atoms with E-state index < -0.39 is 12.2 Å². The first kappa shape index (κ1) is 16.7. The predicted octanol–water partition coefficient (Wildman–Crippen LogP) is 2.10. The fourth-order valence-corrected chi connectivity index (χ4v) is 1.29. The molecule has 0 aromatic rings. The van der Waals surface area contributed by atoms with Crippen molar-refractivity contribution in [2.75, 3.05) is 19.7 Å². The van der Waals surface area contributed by atoms with Crippen molar-refractivity contribution in [3.05, 3.63) is 0 Å². The average molecular weight is 255 g/mol. The summed E-state index contributed by atoms with van der Waals surface area (Å²) in [5, 5.41) is 18.7. The molecule has 1 saturated heterocycles. The molecule has 0 spiro atoms. The molecule has 0 saturated carbocycles. The van der Waals surface area contributed by atoms with Crippen molar-refractivity contribution in [1.29, 1.82) is 0 Å². The lowest BCUT2D eigenvalue weighted by Crippen LogP contribution is -2.32. The lowest BCUT2D eigenvalue weighted by Gasteiger charge is -2.26. The van der Waals surface area contributed by atoms with Crippen LogP contribution in [0.1, 0.15) is 33.6 Å². The summed E-state index contributed by atoms with van der Waals surface area (Å²) in [4.78, 5) is 0. The van der Waals surface area contributed by atoms with Gasteiger partial charge in [0.2, 0.25) is 0 Å². The zero-order valence-electron chi connectivity index (χ0n) is 10.7. The number of hydrogen-bond donors (Lipinski definition) is 2. The SMILES string of the molecule is CC(C)(C)O.ON1CCC(COC(F)F)CC1. The number of piperidine rings is 1. The Labute approximate surface area is 101 Å². The van der Waals surface area contributed by atoms with E-state index in [0.717, 1.165) is 12.8 Å². The minimum Gasteiger partial charge on any atom is -0.391 e. The lowest BCUT2D eigenvalue weighted by molar-refractivity contribution is -0.155. The summed E-state index contributed by atoms with van der Waals surface area (Å²) in [5.41, 5.74) is -0.500. The second-order valence-electron chi connectivity index (χ2n) is 5.16. The number of nitrogens with zero attached hydrogens (tertiary/aromatic N) is 1. The largest absolute Gasteiger partial charge is 0.391 e. The van der Waals surface area contributed by atoms with Gasteiger partial charge in [-0.15, -0.1) is 0 Å². The maximum atomic E-state index is 11.6. The van der Waals surface area contributed by atoms with Crippen LogP contribution in [-0.2, 0) is 4.74 Å². The molecule has 0 bridgehead atoms. The predicted molar refractivity (Wildman–Crippen MR) is 60.0 cm³/mol. The molecule has 0 aromatic carbocycles. The number of alkyl halides is 2. The van der Waals surface area contributed by atoms with Crippen molar-refractivity contribution < 1.29 is 23.8 Å². The molecule has 0 unspecified atom stereocenters. The highest BCUT2D eigenvalue weighted by Gasteiger charge is 2.18. The standard InChI is InChI=1S/C7H13F2NO2.C4H10O/c8-7(9)12-5-6-1-3-10(11)4-2-6;1-4(2,3)5/h6-7,11H,1-5H2;5H,1-3H3. The van der Waals surface area contributed by atoms with Gasteiger partial charge in [0, 0.05) is 13.1 Å². The van der Waals surface area contributed by atoms with Crippen molar-refractivity contribution in [3.8, 4) is 0 Å². The minimum atomic E-state index is -2.67. The molecule has 0 radical (unpaired) electrons. The molecule has 2 N–H and O–H groups in total. The minimum absolute atomic E-state index is 0.103. The van der Waals surface area contributed by atoms with E-state index in [1.165, 1.54) is 5.06 Å². The highest BCUT2D eigenvalue weighted by atomic mass is 19.3. The van der Waals surface area contributed by atoms with Crippen LogP contribution in [0.3, 0.4) is 0 Å². The molecule has 104 valence electrons. The molecule has 0 atom stereocenters. The van der Waals surface area contributed by atoms with Crippen LogP contribution >= 0.6 is 0 Å². The highest BCUT2D eigenvalue weighted by Crippen LogP contribution is 2.16. The molecule has 17 heavy (non-hydrogen) atoms. The molecule has 1 aliphatic rings. The van der Waals surface area contributed by atoms with Crippen molar-refractivity contribution >= 4 is 0 Å². The third kappa shape index (κ3) is 13.6. The smallest absolute Gasteiger partial charge is 0.345 e. The molecule has 0 amide bonds. The first-order valence-corrected chi connectivity index (χ1v) is 5.74. The van der Waals surface area contributed by atoms with Crippen LogP contribution in [0.2, 0.25) is 0 Å². The topological polar surface area (TPSA) is 52.9 Å². The van der Waals surface area contributed by atoms with Gasteiger partial charge in [0.1, 0.15) is 0 Å². The highest BCUT2D eigenvalue weighted by molar-refractivity contribution is 4.66. The summed E-state index contributed by atoms with van der Waals surface area (Å²) >= 11 is 0. The zero-order chi connectivity index (χ0) is 13.5. The van der Waals surface area contributed by atoms with Gasteiger partial charge in [-0.1, -0.05) is 0 Å². The van der Waals surface area contributed by atoms with Gasteiger partial charge in [-0.3, -0.25) is 0 Å². The normalized spacial score (nSPS) is 19.1. The fourth-order valence-electron chi connectivity index (χ4n) is 1.29. The molecular formula is C11H23F2NO3. The Kier molecular flexibility index (Phi) is 7.78. The van der Waals surface area contributed by atoms with E-state index in [4.69, 9.17) is 10.3 Å². The summed E-state index contributed by atoms with van der Waals surface area (Å²) < 4.78 is 27.4. The third-order valence-electron chi connectivity index (χ3n) is 2.05. The molecular weight excluding hydrogens is 232 g/mol. The Morgan fingerprint density at radius 2 is 1.71 bits per heavy atom. The van der Waals surface area contributed by atoms with Gasteiger partial charge in [-0.2, -0.15) is 13.8 Å². The van der Waals surface area contributed by atoms with Crippen LogP contribution in [0.5, 0.6) is 0 Å². The van der Waals surface area contributed by atoms with E-state index in [1.807, 2.05) is 0 Å². The van der Waals surface area contributed by atoms with Crippen LogP contribution in [0.15, 0.2) is 0 Å². The molecule has 1 aliphatic heterocycles. The summed E-state index contributed by atoms with van der Waals surface area (Å²) in [7, 11) is 0. The van der Waals surface area contributed by atoms with Crippen LogP contribution < -0.4 is 0 Å². The number of rotatable bonds is 3. The van der Waals surface area contributed by atoms with Crippen LogP contribution in [0, 0.1) is 5.92 Å². The monoisotopic (exact) mass is 255 g/mol. The molecule has 1 heterocycles. The Hall–Kier alpha value is -0.300. The van der Waals surface area contributed by atoms with Gasteiger partial charge in [-0.05, 0) is 39.5 Å². The number of hydroxylamine groups is 2. The van der Waals surface area contributed by atoms with Gasteiger partial charge in [0.05, 0.1) is 12.2 Å². The number of aliphatic hydroxyl groups is 1. The maximum Gasteiger partial charge on any atom is 0.345 e. The summed E-state index contributed by atoms with van der Waals surface area (Å²) in [5.74, 6) is 0.169. The number of halogens is 2. The zero-order valence-corrected chi connectivity index (χ0v) is 10.7. The van der Waals surface area contributed by atoms with Crippen molar-refractivity contribution in [1.82, 2.24) is 5.06 Å². The van der Waals surface area contributed by atoms with E-state index in [0.29, 0.717) is 13.1 Å². The Morgan fingerprint density at radius 3 is 2.06 bits per heavy atom. The molecule has 6 heteroatoms. The van der Waals surface area contributed by atoms with Gasteiger partial charge in [0.25, 0.3) is 0 Å². The number of ether oxygens (including phenoxy) is 1. The quantitative estimate of drug-likeness (QED) is 0.811. The Balaban J connectivity index is 0.000000437. The second-order valence-corrected chi connectivity index (χ2v) is 5.16. The van der Waals surface area contributed by atoms with Crippen molar-refractivity contribution in [2.45, 2.75) is 45.8 Å². The summed E-state index contributed by atoms with van der Waals surface area (Å²) in [6.07, 6.45) is 1.45. The summed E-state index contributed by atoms with van der Waals surface area (Å²) in [6, 6.07) is 0. The van der Waals surface area contributed by atoms with Gasteiger partial charge >= 0.3 is 6.61 Å². The van der Waals surface area contributed by atoms with Gasteiger partial charge in [0.15, 0.2) is 0 Å². The van der Waals surface area contributed by atoms with E-state index in [-0.39, 0.29) is 12.5 Å². The molecule has 1 rings (SSSR count). The first-order chi connectivity index (χ1) is 7.68. The maximum absolute atomic E-state index is 11.6. The molecule has 0 aliphatic carbocycles. The Bertz CT molecular complexity index is 184. The molecule has 1 fully saturated rings. The lowest BCUT2D eigenvalue weighted by atomic mass is 9.99. The van der Waals surface area contributed by atoms with Crippen molar-refractivity contribution in [2.24, 2.45) is 5.92 Å². The van der Waals surface area contributed by atoms with E-state index >= 15 is 0 Å². The molecule has 4 nitrogen and oxygen atoms in total. The van der Waals surface area contributed by atoms with E-state index in [9.17, 15) is 8.78 Å². The Morgan fingerprint density at radius 1 is 1.29 bits per heavy atom. The molecule has 0 aromatic heterocycles. The van der Waals surface area contributed by atoms with Gasteiger partial charge < -0.3 is 15.1 Å². The van der Waals surface area contributed by atoms with Crippen molar-refractivity contribution in [3.63, 3.8) is 0 Å².